The van der Waals surface area contributed by atoms with Gasteiger partial charge >= 0.3 is 0 Å². The summed E-state index contributed by atoms with van der Waals surface area (Å²) in [7, 11) is 0. The summed E-state index contributed by atoms with van der Waals surface area (Å²) in [6.45, 7) is 2.84. The Morgan fingerprint density at radius 2 is 1.92 bits per heavy atom. The number of halogens is 2. The van der Waals surface area contributed by atoms with Gasteiger partial charge in [-0.2, -0.15) is 0 Å². The minimum Gasteiger partial charge on any atom is -0.483 e. The molecule has 6 heteroatoms. The third-order valence-electron chi connectivity index (χ3n) is 4.41. The zero-order valence-corrected chi connectivity index (χ0v) is 15.3. The molecule has 2 aromatic rings. The van der Waals surface area contributed by atoms with Crippen molar-refractivity contribution in [2.75, 3.05) is 19.7 Å². The van der Waals surface area contributed by atoms with E-state index in [0.29, 0.717) is 18.8 Å². The summed E-state index contributed by atoms with van der Waals surface area (Å²) in [5.74, 6) is 0.313. The highest BCUT2D eigenvalue weighted by Crippen LogP contribution is 2.19. The smallest absolute Gasteiger partial charge is 0.260 e. The molecule has 138 valence electrons. The SMILES string of the molecule is O=C(COc1ccccc1CNCc1ccc(F)c(Cl)c1)N1CCCC1. The van der Waals surface area contributed by atoms with E-state index in [9.17, 15) is 9.18 Å². The lowest BCUT2D eigenvalue weighted by Crippen LogP contribution is -2.32. The molecule has 0 bridgehead atoms. The lowest BCUT2D eigenvalue weighted by atomic mass is 10.2. The molecule has 1 N–H and O–H groups in total. The van der Waals surface area contributed by atoms with Gasteiger partial charge in [0, 0.05) is 31.7 Å². The highest BCUT2D eigenvalue weighted by Gasteiger charge is 2.18. The van der Waals surface area contributed by atoms with Crippen LogP contribution in [0.3, 0.4) is 0 Å². The van der Waals surface area contributed by atoms with Crippen molar-refractivity contribution in [3.63, 3.8) is 0 Å². The van der Waals surface area contributed by atoms with E-state index in [-0.39, 0.29) is 17.5 Å². The summed E-state index contributed by atoms with van der Waals surface area (Å²) in [4.78, 5) is 14.0. The van der Waals surface area contributed by atoms with Crippen LogP contribution in [0.25, 0.3) is 0 Å². The third-order valence-corrected chi connectivity index (χ3v) is 4.70. The Morgan fingerprint density at radius 1 is 1.15 bits per heavy atom. The monoisotopic (exact) mass is 376 g/mol. The molecule has 1 amide bonds. The molecule has 0 aliphatic carbocycles. The Labute approximate surface area is 157 Å². The van der Waals surface area contributed by atoms with Crippen molar-refractivity contribution in [3.8, 4) is 5.75 Å². The number of likely N-dealkylation sites (tertiary alicyclic amines) is 1. The van der Waals surface area contributed by atoms with Gasteiger partial charge in [-0.05, 0) is 36.6 Å². The number of hydrogen-bond donors (Lipinski definition) is 1. The first-order valence-electron chi connectivity index (χ1n) is 8.76. The number of carbonyl (C=O) groups excluding carboxylic acids is 1. The zero-order chi connectivity index (χ0) is 18.4. The Kier molecular flexibility index (Phi) is 6.47. The number of rotatable bonds is 7. The average Bonchev–Trinajstić information content (AvgIpc) is 3.18. The van der Waals surface area contributed by atoms with Gasteiger partial charge in [0.15, 0.2) is 6.61 Å². The van der Waals surface area contributed by atoms with Crippen molar-refractivity contribution in [2.24, 2.45) is 0 Å². The van der Waals surface area contributed by atoms with Crippen LogP contribution in [0.15, 0.2) is 42.5 Å². The fourth-order valence-electron chi connectivity index (χ4n) is 2.98. The van der Waals surface area contributed by atoms with E-state index >= 15 is 0 Å². The zero-order valence-electron chi connectivity index (χ0n) is 14.5. The molecule has 1 fully saturated rings. The van der Waals surface area contributed by atoms with Gasteiger partial charge in [0.1, 0.15) is 11.6 Å². The number of nitrogens with one attached hydrogen (secondary N) is 1. The van der Waals surface area contributed by atoms with E-state index in [1.165, 1.54) is 6.07 Å². The molecule has 0 atom stereocenters. The Balaban J connectivity index is 1.53. The number of hydrogen-bond acceptors (Lipinski definition) is 3. The molecule has 0 unspecified atom stereocenters. The second kappa shape index (κ2) is 9.01. The molecule has 1 heterocycles. The molecule has 1 aliphatic rings. The summed E-state index contributed by atoms with van der Waals surface area (Å²) in [5, 5.41) is 3.41. The number of carbonyl (C=O) groups is 1. The van der Waals surface area contributed by atoms with Crippen LogP contribution in [0.2, 0.25) is 5.02 Å². The lowest BCUT2D eigenvalue weighted by Gasteiger charge is -2.17. The van der Waals surface area contributed by atoms with Crippen LogP contribution >= 0.6 is 11.6 Å². The topological polar surface area (TPSA) is 41.6 Å². The molecule has 4 nitrogen and oxygen atoms in total. The summed E-state index contributed by atoms with van der Waals surface area (Å²) < 4.78 is 18.9. The van der Waals surface area contributed by atoms with E-state index < -0.39 is 5.82 Å². The molecular formula is C20H22ClFN2O2. The van der Waals surface area contributed by atoms with Gasteiger partial charge in [-0.25, -0.2) is 4.39 Å². The molecule has 2 aromatic carbocycles. The largest absolute Gasteiger partial charge is 0.483 e. The normalized spacial score (nSPS) is 13.8. The maximum Gasteiger partial charge on any atom is 0.260 e. The highest BCUT2D eigenvalue weighted by molar-refractivity contribution is 6.30. The van der Waals surface area contributed by atoms with Crippen molar-refractivity contribution in [3.05, 3.63) is 64.4 Å². The average molecular weight is 377 g/mol. The molecule has 26 heavy (non-hydrogen) atoms. The van der Waals surface area contributed by atoms with Gasteiger partial charge < -0.3 is 15.0 Å². The first-order chi connectivity index (χ1) is 12.6. The summed E-state index contributed by atoms with van der Waals surface area (Å²) >= 11 is 5.80. The fourth-order valence-corrected chi connectivity index (χ4v) is 3.18. The van der Waals surface area contributed by atoms with Crippen LogP contribution in [0.1, 0.15) is 24.0 Å². The van der Waals surface area contributed by atoms with Crippen molar-refractivity contribution in [1.29, 1.82) is 0 Å². The molecule has 0 radical (unpaired) electrons. The minimum atomic E-state index is -0.420. The number of para-hydroxylation sites is 1. The van der Waals surface area contributed by atoms with Crippen LogP contribution in [-0.2, 0) is 17.9 Å². The van der Waals surface area contributed by atoms with Gasteiger partial charge in [0.05, 0.1) is 5.02 Å². The summed E-state index contributed by atoms with van der Waals surface area (Å²) in [6.07, 6.45) is 2.14. The van der Waals surface area contributed by atoms with Gasteiger partial charge in [0.25, 0.3) is 5.91 Å². The van der Waals surface area contributed by atoms with E-state index in [1.807, 2.05) is 29.2 Å². The van der Waals surface area contributed by atoms with Gasteiger partial charge in [-0.15, -0.1) is 0 Å². The number of ether oxygens (including phenoxy) is 1. The molecular weight excluding hydrogens is 355 g/mol. The molecule has 0 saturated carbocycles. The maximum absolute atomic E-state index is 13.2. The van der Waals surface area contributed by atoms with Crippen LogP contribution in [0.4, 0.5) is 4.39 Å². The first-order valence-corrected chi connectivity index (χ1v) is 9.14. The third kappa shape index (κ3) is 4.96. The molecule has 1 aliphatic heterocycles. The van der Waals surface area contributed by atoms with E-state index in [1.54, 1.807) is 12.1 Å². The molecule has 1 saturated heterocycles. The molecule has 3 rings (SSSR count). The highest BCUT2D eigenvalue weighted by atomic mass is 35.5. The van der Waals surface area contributed by atoms with E-state index in [4.69, 9.17) is 16.3 Å². The standard InChI is InChI=1S/C20H22ClFN2O2/c21-17-11-15(7-8-18(17)22)12-23-13-16-5-1-2-6-19(16)26-14-20(25)24-9-3-4-10-24/h1-2,5-8,11,23H,3-4,9-10,12-14H2. The molecule has 0 aromatic heterocycles. The van der Waals surface area contributed by atoms with Gasteiger partial charge in [0.2, 0.25) is 0 Å². The summed E-state index contributed by atoms with van der Waals surface area (Å²) in [6, 6.07) is 12.3. The minimum absolute atomic E-state index is 0.0335. The number of nitrogens with zero attached hydrogens (tertiary/aromatic N) is 1. The quantitative estimate of drug-likeness (QED) is 0.799. The van der Waals surface area contributed by atoms with Crippen molar-refractivity contribution in [2.45, 2.75) is 25.9 Å². The molecule has 0 spiro atoms. The Bertz CT molecular complexity index is 763. The van der Waals surface area contributed by atoms with Crippen molar-refractivity contribution in [1.82, 2.24) is 10.2 Å². The van der Waals surface area contributed by atoms with Crippen LogP contribution in [-0.4, -0.2) is 30.5 Å². The van der Waals surface area contributed by atoms with E-state index in [0.717, 1.165) is 37.1 Å². The van der Waals surface area contributed by atoms with Crippen LogP contribution in [0, 0.1) is 5.82 Å². The van der Waals surface area contributed by atoms with Crippen LogP contribution in [0.5, 0.6) is 5.75 Å². The predicted molar refractivity (Wildman–Crippen MR) is 99.7 cm³/mol. The second-order valence-electron chi connectivity index (χ2n) is 6.34. The Hall–Kier alpha value is -2.11. The number of amides is 1. The second-order valence-corrected chi connectivity index (χ2v) is 6.74. The van der Waals surface area contributed by atoms with E-state index in [2.05, 4.69) is 5.32 Å². The fraction of sp³-hybridized carbons (Fsp3) is 0.350. The number of benzene rings is 2. The first kappa shape index (κ1) is 18.7. The van der Waals surface area contributed by atoms with Gasteiger partial charge in [-0.1, -0.05) is 35.9 Å². The summed E-state index contributed by atoms with van der Waals surface area (Å²) in [5.41, 5.74) is 1.87. The maximum atomic E-state index is 13.2. The lowest BCUT2D eigenvalue weighted by molar-refractivity contribution is -0.132. The predicted octanol–water partition coefficient (Wildman–Crippen LogP) is 3.77. The van der Waals surface area contributed by atoms with Crippen molar-refractivity contribution >= 4 is 17.5 Å². The Morgan fingerprint density at radius 3 is 2.69 bits per heavy atom. The van der Waals surface area contributed by atoms with Crippen LogP contribution < -0.4 is 10.1 Å². The van der Waals surface area contributed by atoms with Crippen molar-refractivity contribution < 1.29 is 13.9 Å². The van der Waals surface area contributed by atoms with Gasteiger partial charge in [-0.3, -0.25) is 4.79 Å².